The zero-order valence-electron chi connectivity index (χ0n) is 8.31. The lowest BCUT2D eigenvalue weighted by atomic mass is 10.3. The van der Waals surface area contributed by atoms with Crippen molar-refractivity contribution in [3.8, 4) is 0 Å². The number of rotatable bonds is 1. The summed E-state index contributed by atoms with van der Waals surface area (Å²) in [5.41, 5.74) is 0.892. The molecule has 1 aliphatic rings. The first-order valence-electron chi connectivity index (χ1n) is 4.54. The van der Waals surface area contributed by atoms with Crippen molar-refractivity contribution < 1.29 is 4.79 Å². The Morgan fingerprint density at radius 1 is 1.27 bits per heavy atom. The van der Waals surface area contributed by atoms with Crippen LogP contribution in [-0.2, 0) is 0 Å². The van der Waals surface area contributed by atoms with Crippen LogP contribution in [0.2, 0.25) is 5.02 Å². The van der Waals surface area contributed by atoms with Crippen molar-refractivity contribution in [2.75, 3.05) is 23.7 Å². The van der Waals surface area contributed by atoms with Gasteiger partial charge in [0.1, 0.15) is 0 Å². The van der Waals surface area contributed by atoms with Gasteiger partial charge < -0.3 is 4.90 Å². The first kappa shape index (κ1) is 10.6. The van der Waals surface area contributed by atoms with Crippen LogP contribution in [0.5, 0.6) is 0 Å². The maximum absolute atomic E-state index is 11.8. The number of nitrogens with zero attached hydrogens (tertiary/aromatic N) is 2. The Hall–Kier alpha value is -0.870. The fraction of sp³-hybridized carbons (Fsp3) is 0.300. The molecule has 2 amide bonds. The second-order valence-electron chi connectivity index (χ2n) is 3.35. The van der Waals surface area contributed by atoms with E-state index >= 15 is 0 Å². The monoisotopic (exact) mass is 242 g/mol. The topological polar surface area (TPSA) is 23.6 Å². The molecule has 0 N–H and O–H groups in total. The van der Waals surface area contributed by atoms with Gasteiger partial charge in [0.25, 0.3) is 0 Å². The summed E-state index contributed by atoms with van der Waals surface area (Å²) in [6.07, 6.45) is 0. The third kappa shape index (κ3) is 2.21. The predicted molar refractivity (Wildman–Crippen MR) is 64.4 cm³/mol. The summed E-state index contributed by atoms with van der Waals surface area (Å²) in [5.74, 6) is 1.45. The Kier molecular flexibility index (Phi) is 3.07. The van der Waals surface area contributed by atoms with E-state index in [1.165, 1.54) is 0 Å². The third-order valence-electron chi connectivity index (χ3n) is 2.20. The Balaban J connectivity index is 2.22. The minimum Gasteiger partial charge on any atom is -0.318 e. The molecule has 3 nitrogen and oxygen atoms in total. The van der Waals surface area contributed by atoms with Gasteiger partial charge >= 0.3 is 6.03 Å². The van der Waals surface area contributed by atoms with Crippen LogP contribution in [0.4, 0.5) is 10.5 Å². The molecule has 1 aromatic carbocycles. The summed E-state index contributed by atoms with van der Waals surface area (Å²) in [6, 6.07) is 7.35. The summed E-state index contributed by atoms with van der Waals surface area (Å²) in [6.45, 7) is 0. The minimum atomic E-state index is 0.0380. The van der Waals surface area contributed by atoms with E-state index in [9.17, 15) is 4.79 Å². The molecule has 0 bridgehead atoms. The highest BCUT2D eigenvalue weighted by atomic mass is 35.5. The van der Waals surface area contributed by atoms with E-state index < -0.39 is 0 Å². The van der Waals surface area contributed by atoms with E-state index in [4.69, 9.17) is 11.6 Å². The lowest BCUT2D eigenvalue weighted by molar-refractivity contribution is 0.222. The number of amides is 2. The predicted octanol–water partition coefficient (Wildman–Crippen LogP) is 2.86. The van der Waals surface area contributed by atoms with Gasteiger partial charge in [-0.1, -0.05) is 11.6 Å². The lowest BCUT2D eigenvalue weighted by Crippen LogP contribution is -2.45. The van der Waals surface area contributed by atoms with Crippen LogP contribution in [0, 0.1) is 0 Å². The van der Waals surface area contributed by atoms with Gasteiger partial charge in [-0.05, 0) is 24.3 Å². The van der Waals surface area contributed by atoms with Gasteiger partial charge in [0.2, 0.25) is 0 Å². The van der Waals surface area contributed by atoms with E-state index in [0.717, 1.165) is 11.6 Å². The van der Waals surface area contributed by atoms with Gasteiger partial charge in [-0.15, -0.1) is 11.8 Å². The maximum Gasteiger partial charge on any atom is 0.325 e. The van der Waals surface area contributed by atoms with Crippen molar-refractivity contribution in [1.29, 1.82) is 0 Å². The number of benzene rings is 1. The van der Waals surface area contributed by atoms with Crippen molar-refractivity contribution in [2.24, 2.45) is 0 Å². The molecule has 80 valence electrons. The molecule has 1 heterocycles. The number of hydrogen-bond donors (Lipinski definition) is 0. The van der Waals surface area contributed by atoms with E-state index in [-0.39, 0.29) is 6.03 Å². The molecule has 0 saturated carbocycles. The molecule has 5 heteroatoms. The van der Waals surface area contributed by atoms with Crippen LogP contribution in [0.1, 0.15) is 0 Å². The van der Waals surface area contributed by atoms with E-state index in [1.807, 2.05) is 12.1 Å². The fourth-order valence-electron chi connectivity index (χ4n) is 1.39. The molecule has 0 atom stereocenters. The lowest BCUT2D eigenvalue weighted by Gasteiger charge is -2.32. The summed E-state index contributed by atoms with van der Waals surface area (Å²) in [4.78, 5) is 15.3. The fourth-order valence-corrected chi connectivity index (χ4v) is 2.43. The normalized spacial score (nSPS) is 17.1. The number of carbonyl (C=O) groups is 1. The van der Waals surface area contributed by atoms with Gasteiger partial charge in [-0.25, -0.2) is 4.79 Å². The van der Waals surface area contributed by atoms with Crippen molar-refractivity contribution in [2.45, 2.75) is 0 Å². The molecule has 0 aliphatic carbocycles. The largest absolute Gasteiger partial charge is 0.325 e. The molecular formula is C10H11ClN2OS. The molecule has 1 aromatic rings. The van der Waals surface area contributed by atoms with Gasteiger partial charge in [-0.3, -0.25) is 4.90 Å². The van der Waals surface area contributed by atoms with Gasteiger partial charge in [0, 0.05) is 17.8 Å². The Labute approximate surface area is 98.0 Å². The number of hydrogen-bond acceptors (Lipinski definition) is 2. The van der Waals surface area contributed by atoms with Gasteiger partial charge in [0.05, 0.1) is 11.8 Å². The van der Waals surface area contributed by atoms with Gasteiger partial charge in [0.15, 0.2) is 0 Å². The average Bonchev–Trinajstić information content (AvgIpc) is 2.24. The average molecular weight is 243 g/mol. The van der Waals surface area contributed by atoms with Crippen molar-refractivity contribution >= 4 is 35.1 Å². The first-order valence-corrected chi connectivity index (χ1v) is 6.07. The first-order chi connectivity index (χ1) is 7.18. The molecule has 1 aliphatic heterocycles. The maximum atomic E-state index is 11.8. The highest BCUT2D eigenvalue weighted by Gasteiger charge is 2.23. The highest BCUT2D eigenvalue weighted by Crippen LogP contribution is 2.24. The van der Waals surface area contributed by atoms with Crippen LogP contribution in [0.15, 0.2) is 24.3 Å². The van der Waals surface area contributed by atoms with Crippen LogP contribution in [0.25, 0.3) is 0 Å². The second kappa shape index (κ2) is 4.33. The standard InChI is InChI=1S/C10H11ClN2OS/c1-12-6-15-7-13(10(12)14)9-4-2-8(11)3-5-9/h2-5H,6-7H2,1H3. The molecule has 1 fully saturated rings. The highest BCUT2D eigenvalue weighted by molar-refractivity contribution is 7.99. The molecule has 0 unspecified atom stereocenters. The molecule has 0 radical (unpaired) electrons. The van der Waals surface area contributed by atoms with E-state index in [0.29, 0.717) is 10.9 Å². The molecule has 0 aromatic heterocycles. The second-order valence-corrected chi connectivity index (χ2v) is 4.71. The third-order valence-corrected chi connectivity index (χ3v) is 3.46. The number of thioether (sulfide) groups is 1. The zero-order chi connectivity index (χ0) is 10.8. The van der Waals surface area contributed by atoms with Crippen LogP contribution in [0.3, 0.4) is 0 Å². The summed E-state index contributed by atoms with van der Waals surface area (Å²) >= 11 is 7.51. The Bertz CT molecular complexity index is 368. The number of carbonyl (C=O) groups excluding carboxylic acids is 1. The quantitative estimate of drug-likeness (QED) is 0.756. The molecule has 2 rings (SSSR count). The van der Waals surface area contributed by atoms with Crippen molar-refractivity contribution in [3.63, 3.8) is 0 Å². The van der Waals surface area contributed by atoms with Crippen molar-refractivity contribution in [3.05, 3.63) is 29.3 Å². The SMILES string of the molecule is CN1CSCN(c2ccc(Cl)cc2)C1=O. The van der Waals surface area contributed by atoms with Gasteiger partial charge in [-0.2, -0.15) is 0 Å². The summed E-state index contributed by atoms with van der Waals surface area (Å²) < 4.78 is 0. The van der Waals surface area contributed by atoms with Crippen LogP contribution >= 0.6 is 23.4 Å². The molecule has 1 saturated heterocycles. The van der Waals surface area contributed by atoms with E-state index in [1.54, 1.807) is 40.7 Å². The Morgan fingerprint density at radius 3 is 2.60 bits per heavy atom. The summed E-state index contributed by atoms with van der Waals surface area (Å²) in [7, 11) is 1.80. The minimum absolute atomic E-state index is 0.0380. The summed E-state index contributed by atoms with van der Waals surface area (Å²) in [5, 5.41) is 0.684. The molecule has 15 heavy (non-hydrogen) atoms. The zero-order valence-corrected chi connectivity index (χ0v) is 9.88. The molecular weight excluding hydrogens is 232 g/mol. The molecule has 0 spiro atoms. The smallest absolute Gasteiger partial charge is 0.318 e. The Morgan fingerprint density at radius 2 is 1.93 bits per heavy atom. The van der Waals surface area contributed by atoms with E-state index in [2.05, 4.69) is 0 Å². The number of halogens is 1. The number of urea groups is 1. The van der Waals surface area contributed by atoms with Crippen molar-refractivity contribution in [1.82, 2.24) is 4.90 Å². The number of anilines is 1. The van der Waals surface area contributed by atoms with Crippen LogP contribution < -0.4 is 4.90 Å². The van der Waals surface area contributed by atoms with Crippen LogP contribution in [-0.4, -0.2) is 29.7 Å².